The van der Waals surface area contributed by atoms with Crippen molar-refractivity contribution >= 4 is 28.8 Å². The quantitative estimate of drug-likeness (QED) is 0.737. The second-order valence-electron chi connectivity index (χ2n) is 5.42. The van der Waals surface area contributed by atoms with Crippen LogP contribution in [0.15, 0.2) is 36.4 Å². The number of halogens is 1. The first kappa shape index (κ1) is 18.8. The Bertz CT molecular complexity index is 660. The summed E-state index contributed by atoms with van der Waals surface area (Å²) in [5.41, 5.74) is 1.10. The fourth-order valence-electron chi connectivity index (χ4n) is 2.44. The lowest BCUT2D eigenvalue weighted by Crippen LogP contribution is -2.37. The van der Waals surface area contributed by atoms with Gasteiger partial charge in [0.05, 0.1) is 18.0 Å². The van der Waals surface area contributed by atoms with Gasteiger partial charge in [0.15, 0.2) is 0 Å². The smallest absolute Gasteiger partial charge is 0.234 e. The molecule has 0 atom stereocenters. The van der Waals surface area contributed by atoms with E-state index in [1.165, 1.54) is 4.88 Å². The van der Waals surface area contributed by atoms with Gasteiger partial charge >= 0.3 is 0 Å². The minimum atomic E-state index is 0.0365. The summed E-state index contributed by atoms with van der Waals surface area (Å²) in [5, 5.41) is 2.98. The maximum Gasteiger partial charge on any atom is 0.234 e. The Morgan fingerprint density at radius 1 is 1.29 bits per heavy atom. The van der Waals surface area contributed by atoms with Crippen LogP contribution in [-0.2, 0) is 17.8 Å². The lowest BCUT2D eigenvalue weighted by atomic mass is 10.1. The molecule has 0 unspecified atom stereocenters. The molecule has 0 fully saturated rings. The first-order valence-electron chi connectivity index (χ1n) is 7.97. The average Bonchev–Trinajstić information content (AvgIpc) is 2.99. The summed E-state index contributed by atoms with van der Waals surface area (Å²) >= 11 is 7.51. The number of likely N-dealkylation sites (N-methyl/N-ethyl adjacent to an activating group) is 1. The van der Waals surface area contributed by atoms with E-state index in [2.05, 4.69) is 17.1 Å². The van der Waals surface area contributed by atoms with E-state index in [-0.39, 0.29) is 5.91 Å². The number of rotatable bonds is 9. The van der Waals surface area contributed by atoms with Crippen molar-refractivity contribution < 1.29 is 9.53 Å². The van der Waals surface area contributed by atoms with Crippen LogP contribution in [0.25, 0.3) is 0 Å². The Labute approximate surface area is 152 Å². The van der Waals surface area contributed by atoms with Crippen LogP contribution in [0.1, 0.15) is 17.4 Å². The highest BCUT2D eigenvalue weighted by atomic mass is 35.5. The Hall–Kier alpha value is -1.56. The van der Waals surface area contributed by atoms with Crippen LogP contribution in [0.2, 0.25) is 4.34 Å². The number of benzene rings is 1. The van der Waals surface area contributed by atoms with Gasteiger partial charge < -0.3 is 10.1 Å². The fraction of sp³-hybridized carbons (Fsp3) is 0.389. The molecule has 0 saturated carbocycles. The minimum absolute atomic E-state index is 0.0365. The molecule has 0 spiro atoms. The number of carbonyl (C=O) groups excluding carboxylic acids is 1. The molecule has 6 heteroatoms. The van der Waals surface area contributed by atoms with Crippen molar-refractivity contribution in [1.29, 1.82) is 0 Å². The predicted molar refractivity (Wildman–Crippen MR) is 100.0 cm³/mol. The van der Waals surface area contributed by atoms with Gasteiger partial charge in [-0.1, -0.05) is 36.7 Å². The lowest BCUT2D eigenvalue weighted by Gasteiger charge is -2.19. The van der Waals surface area contributed by atoms with Gasteiger partial charge in [0.2, 0.25) is 5.91 Å². The molecule has 2 rings (SSSR count). The van der Waals surface area contributed by atoms with Gasteiger partial charge in [0.1, 0.15) is 5.75 Å². The van der Waals surface area contributed by atoms with Crippen LogP contribution in [0.4, 0.5) is 0 Å². The van der Waals surface area contributed by atoms with Gasteiger partial charge in [-0.3, -0.25) is 9.69 Å². The van der Waals surface area contributed by atoms with Crippen LogP contribution in [-0.4, -0.2) is 37.6 Å². The van der Waals surface area contributed by atoms with Crippen LogP contribution < -0.4 is 10.1 Å². The highest BCUT2D eigenvalue weighted by Crippen LogP contribution is 2.22. The summed E-state index contributed by atoms with van der Waals surface area (Å²) in [4.78, 5) is 15.4. The topological polar surface area (TPSA) is 41.6 Å². The van der Waals surface area contributed by atoms with E-state index in [9.17, 15) is 4.79 Å². The number of hydrogen-bond acceptors (Lipinski definition) is 4. The van der Waals surface area contributed by atoms with Crippen molar-refractivity contribution in [2.24, 2.45) is 0 Å². The van der Waals surface area contributed by atoms with Crippen molar-refractivity contribution in [2.45, 2.75) is 19.9 Å². The zero-order valence-electron chi connectivity index (χ0n) is 14.0. The Balaban J connectivity index is 1.77. The number of nitrogens with one attached hydrogen (secondary N) is 1. The molecule has 0 bridgehead atoms. The minimum Gasteiger partial charge on any atom is -0.496 e. The molecule has 4 nitrogen and oxygen atoms in total. The SMILES string of the molecule is CCN(CC(=O)NCCc1ccccc1OC)Cc1ccc(Cl)s1. The summed E-state index contributed by atoms with van der Waals surface area (Å²) in [6, 6.07) is 11.8. The third-order valence-electron chi connectivity index (χ3n) is 3.73. The zero-order valence-corrected chi connectivity index (χ0v) is 15.6. The van der Waals surface area contributed by atoms with E-state index < -0.39 is 0 Å². The van der Waals surface area contributed by atoms with E-state index in [4.69, 9.17) is 16.3 Å². The highest BCUT2D eigenvalue weighted by Gasteiger charge is 2.11. The second-order valence-corrected chi connectivity index (χ2v) is 7.22. The standard InChI is InChI=1S/C18H23ClN2O2S/c1-3-21(12-15-8-9-17(19)24-15)13-18(22)20-11-10-14-6-4-5-7-16(14)23-2/h4-9H,3,10-13H2,1-2H3,(H,20,22). The molecule has 0 saturated heterocycles. The normalized spacial score (nSPS) is 10.8. The molecule has 0 aliphatic heterocycles. The molecule has 0 aliphatic carbocycles. The zero-order chi connectivity index (χ0) is 17.4. The highest BCUT2D eigenvalue weighted by molar-refractivity contribution is 7.16. The summed E-state index contributed by atoms with van der Waals surface area (Å²) in [5.74, 6) is 0.894. The molecule has 1 aromatic carbocycles. The summed E-state index contributed by atoms with van der Waals surface area (Å²) in [6.45, 7) is 4.60. The van der Waals surface area contributed by atoms with Crippen LogP contribution >= 0.6 is 22.9 Å². The molecule has 1 aromatic heterocycles. The van der Waals surface area contributed by atoms with Gasteiger partial charge in [0.25, 0.3) is 0 Å². The second kappa shape index (κ2) is 9.67. The number of hydrogen-bond donors (Lipinski definition) is 1. The molecule has 1 N–H and O–H groups in total. The predicted octanol–water partition coefficient (Wildman–Crippen LogP) is 3.59. The van der Waals surface area contributed by atoms with E-state index in [1.807, 2.05) is 36.4 Å². The maximum atomic E-state index is 12.1. The van der Waals surface area contributed by atoms with E-state index in [0.717, 1.165) is 35.2 Å². The van der Waals surface area contributed by atoms with Crippen molar-refractivity contribution in [3.63, 3.8) is 0 Å². The lowest BCUT2D eigenvalue weighted by molar-refractivity contribution is -0.122. The van der Waals surface area contributed by atoms with Gasteiger partial charge in [-0.05, 0) is 36.7 Å². The molecule has 2 aromatic rings. The average molecular weight is 367 g/mol. The molecular formula is C18H23ClN2O2S. The van der Waals surface area contributed by atoms with E-state index in [0.29, 0.717) is 13.1 Å². The largest absolute Gasteiger partial charge is 0.496 e. The molecular weight excluding hydrogens is 344 g/mol. The molecule has 0 radical (unpaired) electrons. The van der Waals surface area contributed by atoms with Gasteiger partial charge in [-0.15, -0.1) is 11.3 Å². The first-order chi connectivity index (χ1) is 11.6. The molecule has 1 heterocycles. The van der Waals surface area contributed by atoms with Crippen molar-refractivity contribution in [3.05, 3.63) is 51.2 Å². The first-order valence-corrected chi connectivity index (χ1v) is 9.17. The maximum absolute atomic E-state index is 12.1. The Morgan fingerprint density at radius 3 is 2.75 bits per heavy atom. The number of nitrogens with zero attached hydrogens (tertiary/aromatic N) is 1. The van der Waals surface area contributed by atoms with E-state index >= 15 is 0 Å². The Morgan fingerprint density at radius 2 is 2.08 bits per heavy atom. The summed E-state index contributed by atoms with van der Waals surface area (Å²) in [6.07, 6.45) is 0.752. The van der Waals surface area contributed by atoms with Crippen molar-refractivity contribution in [1.82, 2.24) is 10.2 Å². The number of amides is 1. The summed E-state index contributed by atoms with van der Waals surface area (Å²) in [7, 11) is 1.66. The van der Waals surface area contributed by atoms with Crippen LogP contribution in [0, 0.1) is 0 Å². The number of carbonyl (C=O) groups is 1. The number of thiophene rings is 1. The number of para-hydroxylation sites is 1. The van der Waals surface area contributed by atoms with Crippen molar-refractivity contribution in [2.75, 3.05) is 26.7 Å². The third kappa shape index (κ3) is 5.82. The Kier molecular flexibility index (Phi) is 7.56. The molecule has 130 valence electrons. The van der Waals surface area contributed by atoms with E-state index in [1.54, 1.807) is 18.4 Å². The number of methoxy groups -OCH3 is 1. The molecule has 24 heavy (non-hydrogen) atoms. The van der Waals surface area contributed by atoms with Crippen LogP contribution in [0.3, 0.4) is 0 Å². The van der Waals surface area contributed by atoms with Crippen molar-refractivity contribution in [3.8, 4) is 5.75 Å². The van der Waals surface area contributed by atoms with Gasteiger partial charge in [0, 0.05) is 18.0 Å². The van der Waals surface area contributed by atoms with Gasteiger partial charge in [-0.25, -0.2) is 0 Å². The fourth-order valence-corrected chi connectivity index (χ4v) is 3.57. The van der Waals surface area contributed by atoms with Gasteiger partial charge in [-0.2, -0.15) is 0 Å². The monoisotopic (exact) mass is 366 g/mol. The summed E-state index contributed by atoms with van der Waals surface area (Å²) < 4.78 is 6.10. The molecule has 1 amide bonds. The molecule has 0 aliphatic rings. The number of ether oxygens (including phenoxy) is 1. The van der Waals surface area contributed by atoms with Crippen LogP contribution in [0.5, 0.6) is 5.75 Å². The third-order valence-corrected chi connectivity index (χ3v) is 4.95.